The van der Waals surface area contributed by atoms with Crippen LogP contribution < -0.4 is 5.32 Å². The van der Waals surface area contributed by atoms with Crippen molar-refractivity contribution in [3.63, 3.8) is 0 Å². The van der Waals surface area contributed by atoms with Gasteiger partial charge in [0.15, 0.2) is 0 Å². The summed E-state index contributed by atoms with van der Waals surface area (Å²) in [4.78, 5) is 0. The van der Waals surface area contributed by atoms with Crippen LogP contribution in [0.15, 0.2) is 6.20 Å². The fourth-order valence-electron chi connectivity index (χ4n) is 2.88. The minimum absolute atomic E-state index is 0.568. The molecule has 2 atom stereocenters. The largest absolute Gasteiger partial charge is 0.383 e. The summed E-state index contributed by atoms with van der Waals surface area (Å²) in [5, 5.41) is 8.83. The van der Waals surface area contributed by atoms with Gasteiger partial charge in [0, 0.05) is 19.1 Å². The van der Waals surface area contributed by atoms with Crippen molar-refractivity contribution in [2.45, 2.75) is 44.2 Å². The Balaban J connectivity index is 1.64. The molecule has 2 aliphatic carbocycles. The number of nitrogens with zero attached hydrogens (tertiary/aromatic N) is 2. The van der Waals surface area contributed by atoms with Crippen LogP contribution in [0.25, 0.3) is 0 Å². The van der Waals surface area contributed by atoms with E-state index in [0.29, 0.717) is 12.5 Å². The quantitative estimate of drug-likeness (QED) is 0.835. The lowest BCUT2D eigenvalue weighted by atomic mass is 9.71. The number of hydrogen-bond acceptors (Lipinski definition) is 3. The molecule has 2 unspecified atom stereocenters. The first-order valence-electron chi connectivity index (χ1n) is 7.23. The van der Waals surface area contributed by atoms with Crippen molar-refractivity contribution < 1.29 is 4.74 Å². The van der Waals surface area contributed by atoms with E-state index in [2.05, 4.69) is 10.4 Å². The second-order valence-electron chi connectivity index (χ2n) is 5.72. The molecule has 0 aliphatic heterocycles. The van der Waals surface area contributed by atoms with E-state index >= 15 is 0 Å². The molecular weight excluding hydrogens is 262 g/mol. The van der Waals surface area contributed by atoms with Crippen LogP contribution in [0.4, 0.5) is 0 Å². The Hall–Kier alpha value is -0.580. The molecule has 3 rings (SSSR count). The lowest BCUT2D eigenvalue weighted by molar-refractivity contribution is 0.176. The van der Waals surface area contributed by atoms with E-state index in [4.69, 9.17) is 16.3 Å². The molecule has 1 N–H and O–H groups in total. The summed E-state index contributed by atoms with van der Waals surface area (Å²) < 4.78 is 7.17. The van der Waals surface area contributed by atoms with Gasteiger partial charge in [-0.1, -0.05) is 11.6 Å². The second-order valence-corrected chi connectivity index (χ2v) is 6.13. The number of nitrogens with one attached hydrogen (secondary N) is 1. The highest BCUT2D eigenvalue weighted by Crippen LogP contribution is 2.44. The Kier molecular flexibility index (Phi) is 4.10. The van der Waals surface area contributed by atoms with Gasteiger partial charge in [-0.05, 0) is 38.1 Å². The molecule has 1 aromatic rings. The molecule has 0 bridgehead atoms. The normalized spacial score (nSPS) is 26.4. The minimum atomic E-state index is 0.568. The van der Waals surface area contributed by atoms with E-state index in [1.165, 1.54) is 31.4 Å². The number of halogens is 1. The monoisotopic (exact) mass is 283 g/mol. The van der Waals surface area contributed by atoms with Crippen molar-refractivity contribution in [2.24, 2.45) is 5.92 Å². The van der Waals surface area contributed by atoms with Crippen molar-refractivity contribution in [1.82, 2.24) is 15.1 Å². The first-order chi connectivity index (χ1) is 9.29. The van der Waals surface area contributed by atoms with E-state index in [-0.39, 0.29) is 0 Å². The first-order valence-corrected chi connectivity index (χ1v) is 7.61. The SMILES string of the molecule is COCCn1ncc(Cl)c1C1CCC1CNC1CC1. The Morgan fingerprint density at radius 2 is 2.26 bits per heavy atom. The summed E-state index contributed by atoms with van der Waals surface area (Å²) >= 11 is 6.33. The maximum atomic E-state index is 6.33. The Morgan fingerprint density at radius 3 is 2.89 bits per heavy atom. The molecule has 4 nitrogen and oxygen atoms in total. The number of rotatable bonds is 7. The van der Waals surface area contributed by atoms with Crippen LogP contribution in [0, 0.1) is 5.92 Å². The van der Waals surface area contributed by atoms with Crippen molar-refractivity contribution >= 4 is 11.6 Å². The third-order valence-corrected chi connectivity index (χ3v) is 4.65. The molecule has 106 valence electrons. The van der Waals surface area contributed by atoms with Gasteiger partial charge in [-0.2, -0.15) is 5.10 Å². The van der Waals surface area contributed by atoms with Gasteiger partial charge in [-0.3, -0.25) is 4.68 Å². The molecule has 1 aromatic heterocycles. The fourth-order valence-corrected chi connectivity index (χ4v) is 3.16. The predicted molar refractivity (Wildman–Crippen MR) is 75.6 cm³/mol. The van der Waals surface area contributed by atoms with E-state index in [0.717, 1.165) is 30.1 Å². The second kappa shape index (κ2) is 5.81. The van der Waals surface area contributed by atoms with Crippen molar-refractivity contribution in [1.29, 1.82) is 0 Å². The van der Waals surface area contributed by atoms with Crippen LogP contribution in [0.5, 0.6) is 0 Å². The van der Waals surface area contributed by atoms with Crippen LogP contribution in [-0.4, -0.2) is 36.1 Å². The average Bonchev–Trinajstić information content (AvgIpc) is 3.13. The van der Waals surface area contributed by atoms with Crippen LogP contribution in [0.2, 0.25) is 5.02 Å². The molecule has 1 heterocycles. The van der Waals surface area contributed by atoms with Gasteiger partial charge in [0.05, 0.1) is 30.1 Å². The van der Waals surface area contributed by atoms with Crippen LogP contribution in [0.1, 0.15) is 37.3 Å². The maximum absolute atomic E-state index is 6.33. The minimum Gasteiger partial charge on any atom is -0.383 e. The first kappa shape index (κ1) is 13.4. The number of aromatic nitrogens is 2. The van der Waals surface area contributed by atoms with E-state index in [1.807, 2.05) is 4.68 Å². The topological polar surface area (TPSA) is 39.1 Å². The molecule has 2 saturated carbocycles. The van der Waals surface area contributed by atoms with E-state index in [1.54, 1.807) is 13.3 Å². The van der Waals surface area contributed by atoms with Gasteiger partial charge < -0.3 is 10.1 Å². The van der Waals surface area contributed by atoms with Gasteiger partial charge in [0.2, 0.25) is 0 Å². The van der Waals surface area contributed by atoms with Crippen molar-refractivity contribution in [2.75, 3.05) is 20.3 Å². The van der Waals surface area contributed by atoms with Crippen LogP contribution in [-0.2, 0) is 11.3 Å². The zero-order chi connectivity index (χ0) is 13.2. The van der Waals surface area contributed by atoms with Crippen molar-refractivity contribution in [3.05, 3.63) is 16.9 Å². The van der Waals surface area contributed by atoms with Gasteiger partial charge in [-0.25, -0.2) is 0 Å². The summed E-state index contributed by atoms with van der Waals surface area (Å²) in [5.41, 5.74) is 1.22. The molecule has 0 saturated heterocycles. The third-order valence-electron chi connectivity index (χ3n) is 4.36. The molecular formula is C14H22ClN3O. The summed E-state index contributed by atoms with van der Waals surface area (Å²) in [6.07, 6.45) is 7.01. The lowest BCUT2D eigenvalue weighted by Gasteiger charge is -2.37. The van der Waals surface area contributed by atoms with Gasteiger partial charge in [-0.15, -0.1) is 0 Å². The lowest BCUT2D eigenvalue weighted by Crippen LogP contribution is -2.36. The fraction of sp³-hybridized carbons (Fsp3) is 0.786. The predicted octanol–water partition coefficient (Wildman–Crippen LogP) is 2.43. The number of hydrogen-bond donors (Lipinski definition) is 1. The molecule has 0 amide bonds. The zero-order valence-corrected chi connectivity index (χ0v) is 12.2. The van der Waals surface area contributed by atoms with E-state index in [9.17, 15) is 0 Å². The Bertz CT molecular complexity index is 430. The summed E-state index contributed by atoms with van der Waals surface area (Å²) in [5.74, 6) is 1.29. The van der Waals surface area contributed by atoms with Crippen molar-refractivity contribution in [3.8, 4) is 0 Å². The molecule has 19 heavy (non-hydrogen) atoms. The van der Waals surface area contributed by atoms with Crippen LogP contribution >= 0.6 is 11.6 Å². The maximum Gasteiger partial charge on any atom is 0.0820 e. The molecule has 0 spiro atoms. The highest BCUT2D eigenvalue weighted by Gasteiger charge is 2.36. The standard InChI is InChI=1S/C14H22ClN3O/c1-19-7-6-18-14(13(15)9-17-18)12-5-2-10(12)8-16-11-3-4-11/h9-12,16H,2-8H2,1H3. The van der Waals surface area contributed by atoms with Gasteiger partial charge >= 0.3 is 0 Å². The molecule has 2 fully saturated rings. The number of ether oxygens (including phenoxy) is 1. The Morgan fingerprint density at radius 1 is 1.42 bits per heavy atom. The number of methoxy groups -OCH3 is 1. The smallest absolute Gasteiger partial charge is 0.0820 e. The van der Waals surface area contributed by atoms with E-state index < -0.39 is 0 Å². The highest BCUT2D eigenvalue weighted by atomic mass is 35.5. The van der Waals surface area contributed by atoms with Gasteiger partial charge in [0.1, 0.15) is 0 Å². The summed E-state index contributed by atoms with van der Waals surface area (Å²) in [6.45, 7) is 2.60. The third kappa shape index (κ3) is 2.96. The van der Waals surface area contributed by atoms with Crippen LogP contribution in [0.3, 0.4) is 0 Å². The summed E-state index contributed by atoms with van der Waals surface area (Å²) in [7, 11) is 1.72. The molecule has 0 radical (unpaired) electrons. The summed E-state index contributed by atoms with van der Waals surface area (Å²) in [6, 6.07) is 0.787. The molecule has 5 heteroatoms. The molecule has 0 aromatic carbocycles. The highest BCUT2D eigenvalue weighted by molar-refractivity contribution is 6.31. The van der Waals surface area contributed by atoms with Gasteiger partial charge in [0.25, 0.3) is 0 Å². The average molecular weight is 284 g/mol. The Labute approximate surface area is 119 Å². The molecule has 2 aliphatic rings. The zero-order valence-electron chi connectivity index (χ0n) is 11.4.